The first-order valence-electron chi connectivity index (χ1n) is 11.7. The Morgan fingerprint density at radius 1 is 1.21 bits per heavy atom. The number of amides is 2. The molecule has 2 unspecified atom stereocenters. The number of anilines is 1. The number of nitrogens with one attached hydrogen (secondary N) is 1. The number of fused-ring (bicyclic) bond motifs is 1. The molecule has 1 aromatic heterocycles. The second-order valence-corrected chi connectivity index (χ2v) is 11.0. The third-order valence-electron chi connectivity index (χ3n) is 6.94. The molecule has 1 aromatic carbocycles. The zero-order chi connectivity index (χ0) is 23.0. The number of thioether (sulfide) groups is 1. The van der Waals surface area contributed by atoms with Gasteiger partial charge < -0.3 is 5.32 Å². The Labute approximate surface area is 203 Å². The van der Waals surface area contributed by atoms with Gasteiger partial charge in [0.15, 0.2) is 0 Å². The van der Waals surface area contributed by atoms with E-state index in [-0.39, 0.29) is 23.1 Å². The van der Waals surface area contributed by atoms with Gasteiger partial charge in [0.1, 0.15) is 11.2 Å². The molecule has 0 spiro atoms. The van der Waals surface area contributed by atoms with Crippen molar-refractivity contribution in [3.05, 3.63) is 58.2 Å². The van der Waals surface area contributed by atoms with E-state index in [1.807, 2.05) is 25.1 Å². The molecule has 2 amide bonds. The van der Waals surface area contributed by atoms with E-state index in [1.54, 1.807) is 33.5 Å². The van der Waals surface area contributed by atoms with Crippen LogP contribution in [-0.4, -0.2) is 33.2 Å². The number of carbonyl (C=O) groups is 2. The molecule has 2 aliphatic heterocycles. The lowest BCUT2D eigenvalue weighted by atomic mass is 9.93. The van der Waals surface area contributed by atoms with E-state index in [0.717, 1.165) is 37.8 Å². The monoisotopic (exact) mass is 484 g/mol. The average molecular weight is 485 g/mol. The molecule has 1 fully saturated rings. The highest BCUT2D eigenvalue weighted by atomic mass is 35.5. The molecule has 0 saturated heterocycles. The van der Waals surface area contributed by atoms with Crippen LogP contribution in [0, 0.1) is 0 Å². The van der Waals surface area contributed by atoms with Crippen molar-refractivity contribution >= 4 is 40.9 Å². The summed E-state index contributed by atoms with van der Waals surface area (Å²) in [6.07, 6.45) is 9.65. The summed E-state index contributed by atoms with van der Waals surface area (Å²) in [4.78, 5) is 29.3. The van der Waals surface area contributed by atoms with Gasteiger partial charge in [-0.25, -0.2) is 0 Å². The molecule has 33 heavy (non-hydrogen) atoms. The number of benzene rings is 1. The summed E-state index contributed by atoms with van der Waals surface area (Å²) in [5, 5.41) is 10.9. The van der Waals surface area contributed by atoms with Crippen molar-refractivity contribution in [3.63, 3.8) is 0 Å². The van der Waals surface area contributed by atoms with Crippen LogP contribution in [0.4, 0.5) is 5.69 Å². The molecule has 2 aromatic rings. The lowest BCUT2D eigenvalue weighted by Crippen LogP contribution is -2.65. The zero-order valence-corrected chi connectivity index (χ0v) is 20.4. The molecule has 2 atom stereocenters. The number of allylic oxidation sites excluding steroid dienone is 1. The maximum Gasteiger partial charge on any atom is 0.277 e. The largest absolute Gasteiger partial charge is 0.351 e. The molecule has 5 rings (SSSR count). The second kappa shape index (κ2) is 9.18. The van der Waals surface area contributed by atoms with E-state index < -0.39 is 5.54 Å². The van der Waals surface area contributed by atoms with Crippen molar-refractivity contribution in [3.8, 4) is 0 Å². The normalized spacial score (nSPS) is 25.7. The quantitative estimate of drug-likeness (QED) is 0.583. The minimum atomic E-state index is -1.12. The fourth-order valence-electron chi connectivity index (χ4n) is 5.12. The Morgan fingerprint density at radius 2 is 2.00 bits per heavy atom. The maximum atomic E-state index is 13.8. The van der Waals surface area contributed by atoms with E-state index >= 15 is 0 Å². The number of halogens is 1. The molecule has 0 bridgehead atoms. The molecule has 0 radical (unpaired) electrons. The highest BCUT2D eigenvalue weighted by molar-refractivity contribution is 8.02. The number of carbonyl (C=O) groups excluding carboxylic acids is 2. The van der Waals surface area contributed by atoms with Crippen LogP contribution in [0.3, 0.4) is 0 Å². The Hall–Kier alpha value is -2.25. The highest BCUT2D eigenvalue weighted by Gasteiger charge is 2.49. The van der Waals surface area contributed by atoms with Gasteiger partial charge in [-0.15, -0.1) is 11.8 Å². The van der Waals surface area contributed by atoms with Crippen molar-refractivity contribution in [2.24, 2.45) is 0 Å². The Kier molecular flexibility index (Phi) is 6.27. The summed E-state index contributed by atoms with van der Waals surface area (Å²) in [5.41, 5.74) is 0.896. The predicted molar refractivity (Wildman–Crippen MR) is 133 cm³/mol. The first-order chi connectivity index (χ1) is 16.0. The van der Waals surface area contributed by atoms with Gasteiger partial charge in [-0.3, -0.25) is 19.2 Å². The first kappa shape index (κ1) is 22.5. The minimum absolute atomic E-state index is 0.137. The summed E-state index contributed by atoms with van der Waals surface area (Å²) in [7, 11) is 0. The smallest absolute Gasteiger partial charge is 0.277 e. The van der Waals surface area contributed by atoms with Crippen LogP contribution >= 0.6 is 23.4 Å². The molecule has 8 heteroatoms. The van der Waals surface area contributed by atoms with Crippen LogP contribution in [0.25, 0.3) is 0 Å². The topological polar surface area (TPSA) is 67.2 Å². The standard InChI is InChI=1S/C25H29ClN4O2S/c1-25(24(32)27-18-9-4-2-3-5-10-18)16-29-21(15-20(28-29)22-12-7-13-33-22)23(31)30(25)19-11-6-8-17(26)14-19/h6-8,11,13-15,18,22H,2-5,9-10,12,16H2,1H3,(H,27,32). The minimum Gasteiger partial charge on any atom is -0.351 e. The average Bonchev–Trinajstić information content (AvgIpc) is 3.39. The van der Waals surface area contributed by atoms with E-state index in [0.29, 0.717) is 22.9 Å². The molecule has 1 N–H and O–H groups in total. The molecular weight excluding hydrogens is 456 g/mol. The van der Waals surface area contributed by atoms with Crippen molar-refractivity contribution in [1.82, 2.24) is 15.1 Å². The van der Waals surface area contributed by atoms with Gasteiger partial charge in [-0.05, 0) is 55.9 Å². The third kappa shape index (κ3) is 4.33. The van der Waals surface area contributed by atoms with E-state index in [2.05, 4.69) is 16.8 Å². The number of hydrogen-bond acceptors (Lipinski definition) is 4. The Bertz CT molecular complexity index is 1080. The Morgan fingerprint density at radius 3 is 2.70 bits per heavy atom. The molecule has 1 saturated carbocycles. The molecular formula is C25H29ClN4O2S. The fraction of sp³-hybridized carbons (Fsp3) is 0.480. The van der Waals surface area contributed by atoms with Crippen molar-refractivity contribution in [1.29, 1.82) is 0 Å². The van der Waals surface area contributed by atoms with Crippen molar-refractivity contribution in [2.75, 3.05) is 4.90 Å². The molecule has 1 aliphatic carbocycles. The lowest BCUT2D eigenvalue weighted by Gasteiger charge is -2.43. The zero-order valence-electron chi connectivity index (χ0n) is 18.8. The molecule has 6 nitrogen and oxygen atoms in total. The summed E-state index contributed by atoms with van der Waals surface area (Å²) >= 11 is 8.00. The van der Waals surface area contributed by atoms with Crippen LogP contribution in [0.1, 0.15) is 73.3 Å². The van der Waals surface area contributed by atoms with Crippen LogP contribution < -0.4 is 10.2 Å². The summed E-state index contributed by atoms with van der Waals surface area (Å²) in [6.45, 7) is 2.14. The van der Waals surface area contributed by atoms with Crippen LogP contribution in [0.5, 0.6) is 0 Å². The van der Waals surface area contributed by atoms with Crippen LogP contribution in [-0.2, 0) is 11.3 Å². The van der Waals surface area contributed by atoms with Crippen LogP contribution in [0.15, 0.2) is 41.8 Å². The molecule has 3 heterocycles. The van der Waals surface area contributed by atoms with Crippen molar-refractivity contribution < 1.29 is 9.59 Å². The summed E-state index contributed by atoms with van der Waals surface area (Å²) in [5.74, 6) is -0.362. The van der Waals surface area contributed by atoms with E-state index in [1.165, 1.54) is 12.8 Å². The van der Waals surface area contributed by atoms with E-state index in [9.17, 15) is 9.59 Å². The lowest BCUT2D eigenvalue weighted by molar-refractivity contribution is -0.127. The number of rotatable bonds is 4. The number of hydrogen-bond donors (Lipinski definition) is 1. The maximum absolute atomic E-state index is 13.8. The summed E-state index contributed by atoms with van der Waals surface area (Å²) in [6, 6.07) is 9.20. The summed E-state index contributed by atoms with van der Waals surface area (Å²) < 4.78 is 1.73. The van der Waals surface area contributed by atoms with E-state index in [4.69, 9.17) is 16.7 Å². The van der Waals surface area contributed by atoms with Gasteiger partial charge in [-0.2, -0.15) is 5.10 Å². The van der Waals surface area contributed by atoms with Gasteiger partial charge in [-0.1, -0.05) is 49.4 Å². The predicted octanol–water partition coefficient (Wildman–Crippen LogP) is 5.49. The molecule has 174 valence electrons. The molecule has 3 aliphatic rings. The number of nitrogens with zero attached hydrogens (tertiary/aromatic N) is 3. The highest BCUT2D eigenvalue weighted by Crippen LogP contribution is 2.40. The Balaban J connectivity index is 1.52. The fourth-order valence-corrected chi connectivity index (χ4v) is 6.19. The van der Waals surface area contributed by atoms with Gasteiger partial charge in [0, 0.05) is 16.8 Å². The van der Waals surface area contributed by atoms with Crippen molar-refractivity contribution in [2.45, 2.75) is 75.2 Å². The van der Waals surface area contributed by atoms with Gasteiger partial charge in [0.2, 0.25) is 5.91 Å². The van der Waals surface area contributed by atoms with Crippen LogP contribution in [0.2, 0.25) is 5.02 Å². The van der Waals surface area contributed by atoms with Gasteiger partial charge in [0.05, 0.1) is 17.5 Å². The van der Waals surface area contributed by atoms with Gasteiger partial charge >= 0.3 is 0 Å². The third-order valence-corrected chi connectivity index (χ3v) is 8.28. The first-order valence-corrected chi connectivity index (χ1v) is 13.1. The second-order valence-electron chi connectivity index (χ2n) is 9.40. The SMILES string of the molecule is CC1(C(=O)NC2CCCCCC2)Cn2nc(C3CC=CS3)cc2C(=O)N1c1cccc(Cl)c1. The number of aromatic nitrogens is 2. The van der Waals surface area contributed by atoms with Gasteiger partial charge in [0.25, 0.3) is 5.91 Å².